The van der Waals surface area contributed by atoms with E-state index in [9.17, 15) is 38.1 Å². The predicted octanol–water partition coefficient (Wildman–Crippen LogP) is 17.7. The van der Waals surface area contributed by atoms with Gasteiger partial charge in [-0.1, -0.05) is 110 Å². The van der Waals surface area contributed by atoms with Crippen molar-refractivity contribution >= 4 is 117 Å². The van der Waals surface area contributed by atoms with E-state index in [4.69, 9.17) is 44.4 Å². The average Bonchev–Trinajstić information content (AvgIpc) is 1.32. The van der Waals surface area contributed by atoms with Crippen LogP contribution >= 0.6 is 47.1 Å². The van der Waals surface area contributed by atoms with E-state index < -0.39 is 28.5 Å². The molecule has 15 nitrogen and oxygen atoms in total. The zero-order valence-corrected chi connectivity index (χ0v) is 53.3. The number of allylic oxidation sites excluding steroid dienone is 1. The number of amides is 2. The molecule has 1 aliphatic rings. The van der Waals surface area contributed by atoms with Crippen LogP contribution in [0.25, 0.3) is 52.1 Å². The standard InChI is InChI=1S/C27H26N2O2S2.C23H18N4O4S2.C21H13F3N2O/c1-3-4-15-31-22-13-11-19(12-14-22)26(30)29-27(32)28-23-16-21(10-9-18(23)2)25-17-20-7-5-6-8-24(20)33-25;1-2-31-19-12-9-15(13-18(19)27(29)30)21(28)26-23(32)24-16-10-7-14(8-11-16)22-25-17-5-3-4-6-20(17)33-22;22-21(23,24)14-6-3-5-13(10-14)18-16-9-8-12-4-1-2-7-15(12)19(16)27-20(26)17(18)11-25/h5-14,16-17H,3-4,15H2,1-2H3,(H2,28,29,30,32);3-13H,2H2,1H3,(H2,24,26,28,32);1-10,18H,26H2. The second-order valence-electron chi connectivity index (χ2n) is 20.9. The number of nitrogens with one attached hydrogen (secondary N) is 4. The van der Waals surface area contributed by atoms with E-state index in [1.54, 1.807) is 66.0 Å². The van der Waals surface area contributed by atoms with Gasteiger partial charge >= 0.3 is 11.9 Å². The van der Waals surface area contributed by atoms with Gasteiger partial charge in [-0.2, -0.15) is 18.4 Å². The summed E-state index contributed by atoms with van der Waals surface area (Å²) in [6.07, 6.45) is -2.39. The number of benzene rings is 9. The Hall–Kier alpha value is -10.6. The normalized spacial score (nSPS) is 12.4. The lowest BCUT2D eigenvalue weighted by Crippen LogP contribution is -2.34. The number of nitrogens with two attached hydrogens (primary N) is 1. The van der Waals surface area contributed by atoms with Gasteiger partial charge < -0.3 is 30.6 Å². The van der Waals surface area contributed by atoms with Crippen molar-refractivity contribution in [1.82, 2.24) is 15.6 Å². The molecule has 468 valence electrons. The first kappa shape index (κ1) is 65.4. The Bertz CT molecular complexity index is 4640. The van der Waals surface area contributed by atoms with Crippen LogP contribution in [0.4, 0.5) is 30.2 Å². The number of halogens is 3. The molecule has 0 bridgehead atoms. The zero-order valence-electron chi connectivity index (χ0n) is 50.0. The molecule has 1 unspecified atom stereocenters. The second kappa shape index (κ2) is 29.6. The first-order valence-corrected chi connectivity index (χ1v) is 31.5. The number of alkyl halides is 3. The minimum Gasteiger partial charge on any atom is -0.494 e. The fourth-order valence-corrected chi connectivity index (χ4v) is 12.4. The lowest BCUT2D eigenvalue weighted by atomic mass is 9.82. The zero-order chi connectivity index (χ0) is 65.8. The topological polar surface area (TPSA) is 216 Å². The molecular weight excluding hydrogens is 1260 g/mol. The lowest BCUT2D eigenvalue weighted by molar-refractivity contribution is -0.385. The van der Waals surface area contributed by atoms with Gasteiger partial charge in [0, 0.05) is 54.7 Å². The summed E-state index contributed by atoms with van der Waals surface area (Å²) >= 11 is 14.0. The quantitative estimate of drug-likeness (QED) is 0.0296. The summed E-state index contributed by atoms with van der Waals surface area (Å²) in [5.41, 5.74) is 12.2. The van der Waals surface area contributed by atoms with Gasteiger partial charge in [-0.15, -0.1) is 22.7 Å². The highest BCUT2D eigenvalue weighted by Crippen LogP contribution is 2.46. The third-order valence-electron chi connectivity index (χ3n) is 14.6. The summed E-state index contributed by atoms with van der Waals surface area (Å²) < 4.78 is 58.5. The number of nitro benzene ring substituents is 1. The Morgan fingerprint density at radius 1 is 0.731 bits per heavy atom. The number of nitrogens with zero attached hydrogens (tertiary/aromatic N) is 3. The molecule has 1 atom stereocenters. The molecule has 1 aliphatic heterocycles. The van der Waals surface area contributed by atoms with Crippen molar-refractivity contribution in [3.05, 3.63) is 255 Å². The molecule has 2 aromatic heterocycles. The number of fused-ring (bicyclic) bond motifs is 5. The number of thiophene rings is 1. The van der Waals surface area contributed by atoms with Crippen LogP contribution in [-0.4, -0.2) is 45.2 Å². The van der Waals surface area contributed by atoms with Crippen molar-refractivity contribution in [1.29, 1.82) is 5.26 Å². The van der Waals surface area contributed by atoms with Gasteiger partial charge in [0.25, 0.3) is 11.8 Å². The molecule has 93 heavy (non-hydrogen) atoms. The number of carbonyl (C=O) groups is 2. The number of thiazole rings is 1. The van der Waals surface area contributed by atoms with E-state index in [1.165, 1.54) is 33.2 Å². The molecule has 0 spiro atoms. The van der Waals surface area contributed by atoms with Crippen LogP contribution in [0.2, 0.25) is 0 Å². The van der Waals surface area contributed by atoms with Gasteiger partial charge in [-0.05, 0) is 169 Å². The molecule has 6 N–H and O–H groups in total. The summed E-state index contributed by atoms with van der Waals surface area (Å²) in [6, 6.07) is 61.4. The second-order valence-corrected chi connectivity index (χ2v) is 23.8. The molecule has 22 heteroatoms. The largest absolute Gasteiger partial charge is 0.494 e. The maximum Gasteiger partial charge on any atom is 0.416 e. The van der Waals surface area contributed by atoms with Crippen LogP contribution in [0.5, 0.6) is 17.2 Å². The van der Waals surface area contributed by atoms with Gasteiger partial charge in [-0.3, -0.25) is 30.3 Å². The van der Waals surface area contributed by atoms with Gasteiger partial charge in [0.15, 0.2) is 16.0 Å². The smallest absolute Gasteiger partial charge is 0.416 e. The van der Waals surface area contributed by atoms with Crippen LogP contribution in [0.1, 0.15) is 75.6 Å². The summed E-state index contributed by atoms with van der Waals surface area (Å²) in [6.45, 7) is 6.81. The number of aromatic nitrogens is 1. The highest BCUT2D eigenvalue weighted by molar-refractivity contribution is 7.80. The van der Waals surface area contributed by atoms with Crippen molar-refractivity contribution in [2.75, 3.05) is 23.8 Å². The molecule has 0 radical (unpaired) electrons. The summed E-state index contributed by atoms with van der Waals surface area (Å²) in [5, 5.41) is 36.4. The number of aryl methyl sites for hydroxylation is 1. The average molecular weight is 1320 g/mol. The Kier molecular flexibility index (Phi) is 20.8. The Morgan fingerprint density at radius 2 is 1.41 bits per heavy atom. The fraction of sp³-hybridized carbons (Fsp3) is 0.127. The van der Waals surface area contributed by atoms with Gasteiger partial charge in [0.1, 0.15) is 28.1 Å². The molecule has 3 heterocycles. The third-order valence-corrected chi connectivity index (χ3v) is 17.2. The van der Waals surface area contributed by atoms with Gasteiger partial charge in [-0.25, -0.2) is 4.98 Å². The predicted molar refractivity (Wildman–Crippen MR) is 370 cm³/mol. The molecular formula is C71H57F3N8O7S4. The van der Waals surface area contributed by atoms with Crippen LogP contribution < -0.4 is 41.2 Å². The molecule has 0 saturated heterocycles. The third kappa shape index (κ3) is 16.0. The number of para-hydroxylation sites is 1. The highest BCUT2D eigenvalue weighted by Gasteiger charge is 2.35. The maximum absolute atomic E-state index is 13.2. The number of nitriles is 1. The van der Waals surface area contributed by atoms with Gasteiger partial charge in [0.05, 0.1) is 39.8 Å². The van der Waals surface area contributed by atoms with Crippen LogP contribution in [-0.2, 0) is 6.18 Å². The molecule has 11 aromatic rings. The Labute approximate surface area is 551 Å². The highest BCUT2D eigenvalue weighted by atomic mass is 32.1. The molecule has 9 aromatic carbocycles. The number of unbranched alkanes of at least 4 members (excludes halogenated alkanes) is 1. The SMILES string of the molecule is CCCCOc1ccc(C(=O)NC(=S)Nc2cc(-c3cc4ccccc4s3)ccc2C)cc1.CCOc1ccc(C(=O)NC(=S)Nc2ccc(-c3nc4ccccc4s3)cc2)cc1[N+](=O)[O-].N#CC1=C(N)Oc2c(ccc3ccccc23)C1c1cccc(C(F)(F)F)c1. The van der Waals surface area contributed by atoms with Gasteiger partial charge in [0.2, 0.25) is 5.88 Å². The minimum absolute atomic E-state index is 0.0734. The molecule has 0 aliphatic carbocycles. The number of hydrogen-bond acceptors (Lipinski definition) is 14. The number of thiocarbonyl (C=S) groups is 2. The molecule has 2 amide bonds. The number of ether oxygens (including phenoxy) is 3. The van der Waals surface area contributed by atoms with Crippen LogP contribution in [0, 0.1) is 28.4 Å². The summed E-state index contributed by atoms with van der Waals surface area (Å²) in [5.74, 6) is -0.320. The maximum atomic E-state index is 13.2. The Morgan fingerprint density at radius 3 is 2.11 bits per heavy atom. The van der Waals surface area contributed by atoms with Crippen molar-refractivity contribution in [2.45, 2.75) is 45.7 Å². The van der Waals surface area contributed by atoms with Crippen molar-refractivity contribution < 1.29 is 41.9 Å². The van der Waals surface area contributed by atoms with Crippen molar-refractivity contribution in [3.8, 4) is 44.3 Å². The lowest BCUT2D eigenvalue weighted by Gasteiger charge is -2.27. The first-order chi connectivity index (χ1) is 44.9. The van der Waals surface area contributed by atoms with E-state index in [2.05, 4.69) is 81.7 Å². The van der Waals surface area contributed by atoms with E-state index in [1.807, 2.05) is 91.9 Å². The van der Waals surface area contributed by atoms with Crippen molar-refractivity contribution in [3.63, 3.8) is 0 Å². The summed E-state index contributed by atoms with van der Waals surface area (Å²) in [7, 11) is 0. The van der Waals surface area contributed by atoms with E-state index in [0.29, 0.717) is 34.7 Å². The van der Waals surface area contributed by atoms with Crippen LogP contribution in [0.15, 0.2) is 212 Å². The van der Waals surface area contributed by atoms with Crippen LogP contribution in [0.3, 0.4) is 0 Å². The molecule has 12 rings (SSSR count). The monoisotopic (exact) mass is 1320 g/mol. The number of rotatable bonds is 14. The van der Waals surface area contributed by atoms with E-state index in [-0.39, 0.29) is 51.2 Å². The summed E-state index contributed by atoms with van der Waals surface area (Å²) in [4.78, 5) is 41.6. The van der Waals surface area contributed by atoms with Crippen molar-refractivity contribution in [2.24, 2.45) is 5.73 Å². The molecule has 0 saturated carbocycles. The van der Waals surface area contributed by atoms with E-state index in [0.717, 1.165) is 85.2 Å². The molecule has 0 fully saturated rings. The Balaban J connectivity index is 0.000000153. The first-order valence-electron chi connectivity index (χ1n) is 29.1. The minimum atomic E-state index is -4.48. The van der Waals surface area contributed by atoms with E-state index >= 15 is 0 Å². The number of anilines is 2. The number of nitro groups is 1. The fourth-order valence-electron chi connectivity index (χ4n) is 9.93. The number of carbonyl (C=O) groups excluding carboxylic acids is 2. The number of hydrogen-bond donors (Lipinski definition) is 5.